The quantitative estimate of drug-likeness (QED) is 0.497. The normalized spacial score (nSPS) is 18.4. The van der Waals surface area contributed by atoms with Crippen LogP contribution in [0.4, 0.5) is 14.5 Å². The van der Waals surface area contributed by atoms with Crippen LogP contribution < -0.4 is 9.62 Å². The highest BCUT2D eigenvalue weighted by Crippen LogP contribution is 2.39. The van der Waals surface area contributed by atoms with Crippen LogP contribution in [0.25, 0.3) is 16.3 Å². The number of aromatic nitrogens is 4. The van der Waals surface area contributed by atoms with Crippen LogP contribution >= 0.6 is 23.3 Å². The Labute approximate surface area is 191 Å². The summed E-state index contributed by atoms with van der Waals surface area (Å²) in [7, 11) is 0. The predicted octanol–water partition coefficient (Wildman–Crippen LogP) is 3.65. The molecular weight excluding hydrogens is 456 g/mol. The van der Waals surface area contributed by atoms with Gasteiger partial charge in [0.1, 0.15) is 5.54 Å². The van der Waals surface area contributed by atoms with Crippen molar-refractivity contribution in [2.24, 2.45) is 5.92 Å². The lowest BCUT2D eigenvalue weighted by atomic mass is 9.97. The number of hydrogen-bond acceptors (Lipinski definition) is 9. The molecular formula is C20H21F2N7OS2. The Morgan fingerprint density at radius 3 is 2.75 bits per heavy atom. The van der Waals surface area contributed by atoms with Gasteiger partial charge in [-0.3, -0.25) is 4.40 Å². The summed E-state index contributed by atoms with van der Waals surface area (Å²) in [6.07, 6.45) is 4.36. The molecule has 1 aliphatic heterocycles. The van der Waals surface area contributed by atoms with E-state index in [2.05, 4.69) is 36.9 Å². The molecule has 12 heteroatoms. The number of rotatable bonds is 7. The Morgan fingerprint density at radius 1 is 1.34 bits per heavy atom. The second-order valence-corrected chi connectivity index (χ2v) is 10.0. The summed E-state index contributed by atoms with van der Waals surface area (Å²) in [6, 6.07) is 4.39. The fourth-order valence-corrected chi connectivity index (χ4v) is 5.39. The SMILES string of the molecule is N#CC1(NSc2cc(N3CCC(CO)CC3)c3cnc(-c4nnc(C(F)F)s4)n3c2)CC1. The molecule has 5 rings (SSSR count). The smallest absolute Gasteiger partial charge is 0.291 e. The monoisotopic (exact) mass is 477 g/mol. The van der Waals surface area contributed by atoms with Crippen molar-refractivity contribution in [3.63, 3.8) is 0 Å². The minimum Gasteiger partial charge on any atom is -0.396 e. The molecule has 3 aromatic heterocycles. The molecule has 0 aromatic carbocycles. The lowest BCUT2D eigenvalue weighted by Gasteiger charge is -2.33. The molecule has 2 aliphatic rings. The van der Waals surface area contributed by atoms with Crippen LogP contribution in [0.5, 0.6) is 0 Å². The van der Waals surface area contributed by atoms with E-state index in [-0.39, 0.29) is 11.6 Å². The molecule has 0 radical (unpaired) electrons. The first-order valence-corrected chi connectivity index (χ1v) is 12.0. The minimum absolute atomic E-state index is 0.194. The summed E-state index contributed by atoms with van der Waals surface area (Å²) < 4.78 is 31.2. The highest BCUT2D eigenvalue weighted by atomic mass is 32.2. The Morgan fingerprint density at radius 2 is 2.12 bits per heavy atom. The molecule has 3 aromatic rings. The number of nitrogens with one attached hydrogen (secondary N) is 1. The first-order chi connectivity index (χ1) is 15.5. The second-order valence-electron chi connectivity index (χ2n) is 8.16. The van der Waals surface area contributed by atoms with Gasteiger partial charge in [-0.1, -0.05) is 11.3 Å². The maximum absolute atomic E-state index is 13.0. The number of hydrogen-bond donors (Lipinski definition) is 2. The lowest BCUT2D eigenvalue weighted by molar-refractivity contribution is 0.150. The zero-order valence-electron chi connectivity index (χ0n) is 17.0. The highest BCUT2D eigenvalue weighted by molar-refractivity contribution is 7.97. The lowest BCUT2D eigenvalue weighted by Crippen LogP contribution is -2.35. The minimum atomic E-state index is -2.67. The van der Waals surface area contributed by atoms with E-state index in [0.717, 1.165) is 66.2 Å². The van der Waals surface area contributed by atoms with Gasteiger partial charge in [0.15, 0.2) is 15.8 Å². The molecule has 8 nitrogen and oxygen atoms in total. The van der Waals surface area contributed by atoms with Gasteiger partial charge in [0.05, 0.1) is 23.5 Å². The van der Waals surface area contributed by atoms with Gasteiger partial charge in [-0.2, -0.15) is 5.26 Å². The molecule has 0 unspecified atom stereocenters. The van der Waals surface area contributed by atoms with Crippen LogP contribution in [0.1, 0.15) is 37.1 Å². The molecule has 2 N–H and O–H groups in total. The third-order valence-electron chi connectivity index (χ3n) is 5.95. The topological polar surface area (TPSA) is 102 Å². The zero-order chi connectivity index (χ0) is 22.3. The molecule has 0 atom stereocenters. The first-order valence-electron chi connectivity index (χ1n) is 10.4. The van der Waals surface area contributed by atoms with Gasteiger partial charge in [0.25, 0.3) is 6.43 Å². The van der Waals surface area contributed by atoms with Crippen LogP contribution in [0, 0.1) is 17.2 Å². The van der Waals surface area contributed by atoms with Crippen LogP contribution in [-0.4, -0.2) is 49.9 Å². The van der Waals surface area contributed by atoms with Crippen molar-refractivity contribution in [2.45, 2.75) is 42.5 Å². The molecule has 1 aliphatic carbocycles. The van der Waals surface area contributed by atoms with Gasteiger partial charge >= 0.3 is 0 Å². The van der Waals surface area contributed by atoms with E-state index in [9.17, 15) is 19.1 Å². The van der Waals surface area contributed by atoms with Gasteiger partial charge in [-0.05, 0) is 49.6 Å². The van der Waals surface area contributed by atoms with E-state index in [1.807, 2.05) is 10.6 Å². The number of fused-ring (bicyclic) bond motifs is 1. The van der Waals surface area contributed by atoms with Gasteiger partial charge in [-0.25, -0.2) is 18.5 Å². The molecule has 4 heterocycles. The first kappa shape index (κ1) is 21.5. The van der Waals surface area contributed by atoms with E-state index in [1.54, 1.807) is 6.20 Å². The average Bonchev–Trinajstić information content (AvgIpc) is 3.21. The molecule has 168 valence electrons. The van der Waals surface area contributed by atoms with E-state index < -0.39 is 12.0 Å². The van der Waals surface area contributed by atoms with E-state index in [4.69, 9.17) is 0 Å². The molecule has 1 saturated heterocycles. The van der Waals surface area contributed by atoms with Crippen LogP contribution in [0.2, 0.25) is 0 Å². The third-order valence-corrected chi connectivity index (χ3v) is 7.83. The number of halogens is 2. The maximum atomic E-state index is 13.0. The van der Waals surface area contributed by atoms with Crippen LogP contribution in [-0.2, 0) is 0 Å². The van der Waals surface area contributed by atoms with Crippen molar-refractivity contribution < 1.29 is 13.9 Å². The van der Waals surface area contributed by atoms with E-state index >= 15 is 0 Å². The van der Waals surface area contributed by atoms with Crippen LogP contribution in [0.15, 0.2) is 23.4 Å². The van der Waals surface area contributed by atoms with Crippen molar-refractivity contribution in [1.29, 1.82) is 5.26 Å². The Balaban J connectivity index is 1.53. The average molecular weight is 478 g/mol. The third kappa shape index (κ3) is 4.05. The van der Waals surface area contributed by atoms with Crippen LogP contribution in [0.3, 0.4) is 0 Å². The number of piperidine rings is 1. The Hall–Kier alpha value is -2.33. The molecule has 1 saturated carbocycles. The van der Waals surface area contributed by atoms with E-state index in [1.165, 1.54) is 11.9 Å². The predicted molar refractivity (Wildman–Crippen MR) is 118 cm³/mol. The molecule has 0 spiro atoms. The number of nitriles is 1. The second kappa shape index (κ2) is 8.55. The summed E-state index contributed by atoms with van der Waals surface area (Å²) in [5.41, 5.74) is 1.34. The number of alkyl halides is 2. The van der Waals surface area contributed by atoms with E-state index in [0.29, 0.717) is 16.7 Å². The summed E-state index contributed by atoms with van der Waals surface area (Å²) in [5.74, 6) is 0.765. The van der Waals surface area contributed by atoms with Crippen molar-refractivity contribution in [2.75, 3.05) is 24.6 Å². The Kier molecular flexibility index (Phi) is 5.75. The molecule has 32 heavy (non-hydrogen) atoms. The summed E-state index contributed by atoms with van der Waals surface area (Å²) in [5, 5.41) is 26.4. The fourth-order valence-electron chi connectivity index (χ4n) is 3.81. The maximum Gasteiger partial charge on any atom is 0.291 e. The number of pyridine rings is 1. The number of anilines is 1. The van der Waals surface area contributed by atoms with Gasteiger partial charge in [0, 0.05) is 30.8 Å². The molecule has 0 bridgehead atoms. The fraction of sp³-hybridized carbons (Fsp3) is 0.500. The zero-order valence-corrected chi connectivity index (χ0v) is 18.7. The number of imidazole rings is 1. The summed E-state index contributed by atoms with van der Waals surface area (Å²) >= 11 is 2.22. The van der Waals surface area contributed by atoms with Crippen molar-refractivity contribution >= 4 is 34.5 Å². The Bertz CT molecular complexity index is 1160. The summed E-state index contributed by atoms with van der Waals surface area (Å²) in [4.78, 5) is 7.63. The van der Waals surface area contributed by atoms with Crippen molar-refractivity contribution in [3.8, 4) is 16.9 Å². The van der Waals surface area contributed by atoms with Gasteiger partial charge < -0.3 is 10.0 Å². The largest absolute Gasteiger partial charge is 0.396 e. The van der Waals surface area contributed by atoms with Crippen molar-refractivity contribution in [1.82, 2.24) is 24.3 Å². The highest BCUT2D eigenvalue weighted by Gasteiger charge is 2.43. The van der Waals surface area contributed by atoms with Gasteiger partial charge in [-0.15, -0.1) is 10.2 Å². The number of aliphatic hydroxyl groups is 1. The standard InChI is InChI=1S/C20H21F2N7OS2/c21-16(22)18-25-26-19(31-18)17-24-8-15-14(28-5-1-12(10-30)2-6-28)7-13(9-29(15)17)32-27-20(11-23)3-4-20/h7-9,12,16,27,30H,1-6,10H2. The number of aliphatic hydroxyl groups excluding tert-OH is 1. The van der Waals surface area contributed by atoms with Gasteiger partial charge in [0.2, 0.25) is 0 Å². The van der Waals surface area contributed by atoms with Crippen molar-refractivity contribution in [3.05, 3.63) is 23.5 Å². The summed E-state index contributed by atoms with van der Waals surface area (Å²) in [6.45, 7) is 1.80. The number of nitrogens with zero attached hydrogens (tertiary/aromatic N) is 6. The molecule has 2 fully saturated rings. The molecule has 0 amide bonds.